The minimum absolute atomic E-state index is 0. The van der Waals surface area contributed by atoms with E-state index >= 15 is 0 Å². The fraction of sp³-hybridized carbons (Fsp3) is 0.400. The maximum Gasteiger partial charge on any atom is 0.400 e. The van der Waals surface area contributed by atoms with Gasteiger partial charge < -0.3 is 11.0 Å². The molecule has 0 saturated carbocycles. The van der Waals surface area contributed by atoms with E-state index in [1.165, 1.54) is 11.8 Å². The van der Waals surface area contributed by atoms with E-state index in [-0.39, 0.29) is 16.9 Å². The molecule has 4 N–H and O–H groups in total. The number of fused-ring (bicyclic) bond motifs is 1. The molecule has 0 aliphatic carbocycles. The zero-order valence-electron chi connectivity index (χ0n) is 8.39. The van der Waals surface area contributed by atoms with Gasteiger partial charge in [0.25, 0.3) is 5.95 Å². The van der Waals surface area contributed by atoms with Crippen molar-refractivity contribution in [2.75, 3.05) is 6.26 Å². The standard InChI is InChI=1S/C5H4N6O3S.2H2O/c1-15-5-6-4-8-7-2(11(13)14)3(12)10(4)9-5;;/h2H,1H3;2*1H2. The number of nitro groups is 1. The summed E-state index contributed by atoms with van der Waals surface area (Å²) in [5.41, 5.74) is 0. The highest BCUT2D eigenvalue weighted by atomic mass is 32.2. The SMILES string of the molecule is CSc1nc2n(n1)C(=O)C([N+](=O)[O-])N=N2.O.O. The Morgan fingerprint density at radius 1 is 1.47 bits per heavy atom. The van der Waals surface area contributed by atoms with Crippen molar-refractivity contribution in [2.24, 2.45) is 10.2 Å². The van der Waals surface area contributed by atoms with E-state index in [1.807, 2.05) is 0 Å². The maximum atomic E-state index is 11.4. The Kier molecular flexibility index (Phi) is 4.81. The lowest BCUT2D eigenvalue weighted by atomic mass is 10.5. The molecule has 0 fully saturated rings. The van der Waals surface area contributed by atoms with Crippen LogP contribution in [0.1, 0.15) is 4.79 Å². The lowest BCUT2D eigenvalue weighted by molar-refractivity contribution is -0.505. The van der Waals surface area contributed by atoms with Crippen molar-refractivity contribution in [1.82, 2.24) is 14.8 Å². The van der Waals surface area contributed by atoms with Crippen molar-refractivity contribution in [3.05, 3.63) is 10.1 Å². The molecule has 2 rings (SSSR count). The van der Waals surface area contributed by atoms with E-state index in [1.54, 1.807) is 6.26 Å². The van der Waals surface area contributed by atoms with Crippen LogP contribution in [-0.4, -0.2) is 49.0 Å². The number of azo groups is 1. The minimum Gasteiger partial charge on any atom is -0.412 e. The summed E-state index contributed by atoms with van der Waals surface area (Å²) in [6, 6.07) is 0. The predicted molar refractivity (Wildman–Crippen MR) is 55.0 cm³/mol. The van der Waals surface area contributed by atoms with Gasteiger partial charge in [-0.05, 0) is 6.26 Å². The molecule has 0 aromatic carbocycles. The van der Waals surface area contributed by atoms with Crippen LogP contribution in [0.4, 0.5) is 5.95 Å². The fourth-order valence-electron chi connectivity index (χ4n) is 0.982. The Morgan fingerprint density at radius 2 is 2.12 bits per heavy atom. The number of carbonyl (C=O) groups excluding carboxylic acids is 1. The number of rotatable bonds is 2. The third-order valence-corrected chi connectivity index (χ3v) is 2.18. The molecule has 11 nitrogen and oxygen atoms in total. The lowest BCUT2D eigenvalue weighted by Gasteiger charge is -2.06. The molecule has 12 heteroatoms. The van der Waals surface area contributed by atoms with E-state index in [0.29, 0.717) is 5.16 Å². The highest BCUT2D eigenvalue weighted by molar-refractivity contribution is 7.98. The third-order valence-electron chi connectivity index (χ3n) is 1.64. The normalized spacial score (nSPS) is 16.8. The first-order valence-electron chi connectivity index (χ1n) is 3.73. The molecular formula is C5H8N6O5S. The van der Waals surface area contributed by atoms with Crippen LogP contribution in [0.25, 0.3) is 0 Å². The van der Waals surface area contributed by atoms with Crippen LogP contribution in [-0.2, 0) is 0 Å². The summed E-state index contributed by atoms with van der Waals surface area (Å²) >= 11 is 1.21. The number of hydrogen-bond donors (Lipinski definition) is 0. The molecule has 1 aliphatic heterocycles. The van der Waals surface area contributed by atoms with Crippen molar-refractivity contribution in [1.29, 1.82) is 0 Å². The molecule has 0 radical (unpaired) electrons. The van der Waals surface area contributed by atoms with Crippen LogP contribution in [0.3, 0.4) is 0 Å². The summed E-state index contributed by atoms with van der Waals surface area (Å²) in [7, 11) is 0. The molecule has 1 aliphatic rings. The summed E-state index contributed by atoms with van der Waals surface area (Å²) in [4.78, 5) is 24.9. The molecule has 94 valence electrons. The van der Waals surface area contributed by atoms with Crippen molar-refractivity contribution >= 4 is 23.6 Å². The van der Waals surface area contributed by atoms with Crippen LogP contribution < -0.4 is 0 Å². The van der Waals surface area contributed by atoms with Gasteiger partial charge in [0.05, 0.1) is 4.92 Å². The summed E-state index contributed by atoms with van der Waals surface area (Å²) in [5, 5.41) is 21.2. The third kappa shape index (κ3) is 2.43. The second-order valence-electron chi connectivity index (χ2n) is 2.52. The second-order valence-corrected chi connectivity index (χ2v) is 3.30. The van der Waals surface area contributed by atoms with E-state index in [9.17, 15) is 14.9 Å². The molecule has 0 amide bonds. The highest BCUT2D eigenvalue weighted by Crippen LogP contribution is 2.21. The summed E-state index contributed by atoms with van der Waals surface area (Å²) in [5.74, 6) is -0.875. The van der Waals surface area contributed by atoms with Gasteiger partial charge in [-0.15, -0.1) is 10.2 Å². The fourth-order valence-corrected chi connectivity index (χ4v) is 1.32. The zero-order valence-corrected chi connectivity index (χ0v) is 9.21. The maximum absolute atomic E-state index is 11.4. The minimum atomic E-state index is -1.71. The molecular weight excluding hydrogens is 256 g/mol. The highest BCUT2D eigenvalue weighted by Gasteiger charge is 2.37. The smallest absolute Gasteiger partial charge is 0.400 e. The van der Waals surface area contributed by atoms with Crippen LogP contribution in [0.15, 0.2) is 15.4 Å². The first kappa shape index (κ1) is 15.1. The van der Waals surface area contributed by atoms with E-state index in [2.05, 4.69) is 20.3 Å². The van der Waals surface area contributed by atoms with Crippen LogP contribution in [0.2, 0.25) is 0 Å². The van der Waals surface area contributed by atoms with Crippen molar-refractivity contribution in [3.8, 4) is 0 Å². The second kappa shape index (κ2) is 5.42. The van der Waals surface area contributed by atoms with E-state index < -0.39 is 17.0 Å². The molecule has 1 aromatic rings. The molecule has 0 bridgehead atoms. The van der Waals surface area contributed by atoms with E-state index in [0.717, 1.165) is 4.68 Å². The number of nitrogens with zero attached hydrogens (tertiary/aromatic N) is 6. The van der Waals surface area contributed by atoms with Gasteiger partial charge in [0, 0.05) is 0 Å². The Morgan fingerprint density at radius 3 is 2.65 bits per heavy atom. The van der Waals surface area contributed by atoms with Gasteiger partial charge in [0.2, 0.25) is 5.16 Å². The Labute approximate surface area is 97.7 Å². The topological polar surface area (TPSA) is 179 Å². The van der Waals surface area contributed by atoms with Gasteiger partial charge in [-0.1, -0.05) is 16.9 Å². The van der Waals surface area contributed by atoms with Crippen molar-refractivity contribution in [3.63, 3.8) is 0 Å². The molecule has 1 unspecified atom stereocenters. The Bertz CT molecular complexity index is 471. The van der Waals surface area contributed by atoms with Gasteiger partial charge in [-0.3, -0.25) is 14.9 Å². The molecule has 17 heavy (non-hydrogen) atoms. The number of hydrogen-bond acceptors (Lipinski definition) is 8. The largest absolute Gasteiger partial charge is 0.412 e. The van der Waals surface area contributed by atoms with Crippen LogP contribution in [0.5, 0.6) is 0 Å². The van der Waals surface area contributed by atoms with Gasteiger partial charge in [0.1, 0.15) is 0 Å². The summed E-state index contributed by atoms with van der Waals surface area (Å²) in [6.45, 7) is 0. The first-order chi connectivity index (χ1) is 7.13. The molecule has 2 heterocycles. The van der Waals surface area contributed by atoms with Gasteiger partial charge in [-0.25, -0.2) is 0 Å². The molecule has 0 spiro atoms. The van der Waals surface area contributed by atoms with Crippen LogP contribution >= 0.6 is 11.8 Å². The van der Waals surface area contributed by atoms with Crippen LogP contribution in [0, 0.1) is 10.1 Å². The Balaban J connectivity index is 0.00000128. The van der Waals surface area contributed by atoms with Gasteiger partial charge in [0.15, 0.2) is 0 Å². The quantitative estimate of drug-likeness (QED) is 0.363. The lowest BCUT2D eigenvalue weighted by Crippen LogP contribution is -2.34. The van der Waals surface area contributed by atoms with E-state index in [4.69, 9.17) is 0 Å². The number of carbonyl (C=O) groups is 1. The average Bonchev–Trinajstić information content (AvgIpc) is 2.61. The summed E-state index contributed by atoms with van der Waals surface area (Å²) in [6.07, 6.45) is 0.00224. The van der Waals surface area contributed by atoms with Crippen molar-refractivity contribution < 1.29 is 20.7 Å². The molecule has 1 atom stereocenters. The molecule has 1 aromatic heterocycles. The monoisotopic (exact) mass is 264 g/mol. The summed E-state index contributed by atoms with van der Waals surface area (Å²) < 4.78 is 0.798. The molecule has 0 saturated heterocycles. The number of aromatic nitrogens is 3. The average molecular weight is 264 g/mol. The number of thioether (sulfide) groups is 1. The Hall–Kier alpha value is -1.92. The van der Waals surface area contributed by atoms with Crippen molar-refractivity contribution in [2.45, 2.75) is 11.3 Å². The van der Waals surface area contributed by atoms with Gasteiger partial charge >= 0.3 is 12.1 Å². The van der Waals surface area contributed by atoms with Gasteiger partial charge in [-0.2, -0.15) is 9.67 Å². The zero-order chi connectivity index (χ0) is 11.0. The predicted octanol–water partition coefficient (Wildman–Crippen LogP) is -1.31. The first-order valence-corrected chi connectivity index (χ1v) is 4.95.